The summed E-state index contributed by atoms with van der Waals surface area (Å²) in [5.41, 5.74) is 4.74. The molecular formula is C27H37N7. The van der Waals surface area contributed by atoms with Crippen LogP contribution in [0.1, 0.15) is 61.5 Å². The molecule has 2 aliphatic carbocycles. The Morgan fingerprint density at radius 2 is 1.82 bits per heavy atom. The number of fused-ring (bicyclic) bond motifs is 2. The van der Waals surface area contributed by atoms with Gasteiger partial charge in [0.1, 0.15) is 5.65 Å². The molecule has 1 saturated carbocycles. The van der Waals surface area contributed by atoms with Gasteiger partial charge in [-0.25, -0.2) is 9.97 Å². The van der Waals surface area contributed by atoms with E-state index in [1.54, 1.807) is 0 Å². The van der Waals surface area contributed by atoms with Crippen molar-refractivity contribution in [1.29, 1.82) is 0 Å². The van der Waals surface area contributed by atoms with Gasteiger partial charge in [-0.05, 0) is 62.8 Å². The molecule has 1 saturated heterocycles. The Morgan fingerprint density at radius 1 is 0.971 bits per heavy atom. The summed E-state index contributed by atoms with van der Waals surface area (Å²) < 4.78 is 2.20. The molecule has 7 nitrogen and oxygen atoms in total. The van der Waals surface area contributed by atoms with Gasteiger partial charge in [-0.3, -0.25) is 19.2 Å². The van der Waals surface area contributed by atoms with Gasteiger partial charge in [-0.2, -0.15) is 0 Å². The van der Waals surface area contributed by atoms with Crippen molar-refractivity contribution in [3.63, 3.8) is 0 Å². The molecule has 1 atom stereocenters. The molecule has 7 heteroatoms. The Kier molecular flexibility index (Phi) is 6.22. The molecule has 34 heavy (non-hydrogen) atoms. The highest BCUT2D eigenvalue weighted by atomic mass is 15.3. The number of hydrogen-bond donors (Lipinski definition) is 0. The third-order valence-electron chi connectivity index (χ3n) is 8.17. The second kappa shape index (κ2) is 9.62. The molecule has 3 aromatic heterocycles. The van der Waals surface area contributed by atoms with Gasteiger partial charge < -0.3 is 4.90 Å². The van der Waals surface area contributed by atoms with Gasteiger partial charge in [0.05, 0.1) is 17.4 Å². The molecule has 0 spiro atoms. The Morgan fingerprint density at radius 3 is 2.68 bits per heavy atom. The van der Waals surface area contributed by atoms with Crippen molar-refractivity contribution in [2.75, 3.05) is 44.7 Å². The van der Waals surface area contributed by atoms with Gasteiger partial charge in [0.2, 0.25) is 5.95 Å². The standard InChI is InChI=1S/C27H37N7/c1-31(24-10-4-8-22-9-5-12-28-26(22)24)19-23-20-34-25(30-23)11-13-29-27(34)33-16-14-32(15-17-33)18-21-6-2-3-7-21/h5,9,11-13,20-21,24H,2-4,6-8,10,14-19H2,1H3/t24-/m0/s1. The maximum Gasteiger partial charge on any atom is 0.211 e. The largest absolute Gasteiger partial charge is 0.339 e. The van der Waals surface area contributed by atoms with Gasteiger partial charge in [0, 0.05) is 57.9 Å². The van der Waals surface area contributed by atoms with Crippen LogP contribution in [-0.2, 0) is 13.0 Å². The summed E-state index contributed by atoms with van der Waals surface area (Å²) in [7, 11) is 2.21. The van der Waals surface area contributed by atoms with E-state index >= 15 is 0 Å². The highest BCUT2D eigenvalue weighted by Gasteiger charge is 2.26. The fraction of sp³-hybridized carbons (Fsp3) is 0.593. The van der Waals surface area contributed by atoms with Crippen LogP contribution >= 0.6 is 0 Å². The zero-order valence-corrected chi connectivity index (χ0v) is 20.4. The van der Waals surface area contributed by atoms with Crippen LogP contribution in [0.2, 0.25) is 0 Å². The number of imidazole rings is 1. The van der Waals surface area contributed by atoms with Gasteiger partial charge in [0.25, 0.3) is 0 Å². The Bertz CT molecular complexity index is 1110. The van der Waals surface area contributed by atoms with Crippen molar-refractivity contribution >= 4 is 11.6 Å². The fourth-order valence-corrected chi connectivity index (χ4v) is 6.33. The van der Waals surface area contributed by atoms with Gasteiger partial charge in [-0.1, -0.05) is 18.9 Å². The molecule has 180 valence electrons. The van der Waals surface area contributed by atoms with Gasteiger partial charge in [-0.15, -0.1) is 0 Å². The Balaban J connectivity index is 1.15. The van der Waals surface area contributed by atoms with E-state index in [-0.39, 0.29) is 0 Å². The number of aromatic nitrogens is 4. The smallest absolute Gasteiger partial charge is 0.211 e. The highest BCUT2D eigenvalue weighted by molar-refractivity contribution is 5.48. The topological polar surface area (TPSA) is 52.8 Å². The van der Waals surface area contributed by atoms with Crippen molar-refractivity contribution < 1.29 is 0 Å². The molecule has 1 aliphatic heterocycles. The predicted octanol–water partition coefficient (Wildman–Crippen LogP) is 3.95. The normalized spacial score (nSPS) is 22.1. The van der Waals surface area contributed by atoms with E-state index in [1.807, 2.05) is 18.5 Å². The number of piperazine rings is 1. The first-order chi connectivity index (χ1) is 16.7. The van der Waals surface area contributed by atoms with Crippen LogP contribution < -0.4 is 4.90 Å². The minimum Gasteiger partial charge on any atom is -0.339 e. The molecular weight excluding hydrogens is 422 g/mol. The Hall–Kier alpha value is -2.51. The van der Waals surface area contributed by atoms with Crippen LogP contribution in [0.4, 0.5) is 5.95 Å². The zero-order chi connectivity index (χ0) is 22.9. The van der Waals surface area contributed by atoms with Gasteiger partial charge in [0.15, 0.2) is 0 Å². The number of hydrogen-bond acceptors (Lipinski definition) is 6. The van der Waals surface area contributed by atoms with Crippen LogP contribution in [0, 0.1) is 5.92 Å². The molecule has 2 fully saturated rings. The highest BCUT2D eigenvalue weighted by Crippen LogP contribution is 2.33. The van der Waals surface area contributed by atoms with Crippen LogP contribution in [-0.4, -0.2) is 68.9 Å². The summed E-state index contributed by atoms with van der Waals surface area (Å²) in [4.78, 5) is 22.0. The number of rotatable bonds is 6. The van der Waals surface area contributed by atoms with Gasteiger partial charge >= 0.3 is 0 Å². The zero-order valence-electron chi connectivity index (χ0n) is 20.4. The predicted molar refractivity (Wildman–Crippen MR) is 135 cm³/mol. The molecule has 3 aliphatic rings. The summed E-state index contributed by atoms with van der Waals surface area (Å²) in [6.45, 7) is 6.44. The summed E-state index contributed by atoms with van der Waals surface area (Å²) in [5.74, 6) is 1.96. The lowest BCUT2D eigenvalue weighted by molar-refractivity contribution is 0.206. The van der Waals surface area contributed by atoms with E-state index < -0.39 is 0 Å². The first-order valence-corrected chi connectivity index (χ1v) is 13.2. The van der Waals surface area contributed by atoms with Crippen LogP contribution in [0.15, 0.2) is 36.8 Å². The minimum absolute atomic E-state index is 0.361. The molecule has 3 aromatic rings. The number of anilines is 1. The number of pyridine rings is 1. The molecule has 0 amide bonds. The van der Waals surface area contributed by atoms with E-state index in [9.17, 15) is 0 Å². The maximum atomic E-state index is 4.97. The minimum atomic E-state index is 0.361. The van der Waals surface area contributed by atoms with E-state index in [0.29, 0.717) is 6.04 Å². The summed E-state index contributed by atoms with van der Waals surface area (Å²) in [6.07, 6.45) is 15.3. The fourth-order valence-electron chi connectivity index (χ4n) is 6.33. The number of nitrogens with zero attached hydrogens (tertiary/aromatic N) is 7. The lowest BCUT2D eigenvalue weighted by atomic mass is 9.91. The summed E-state index contributed by atoms with van der Waals surface area (Å²) in [6, 6.07) is 6.69. The van der Waals surface area contributed by atoms with Crippen LogP contribution in [0.25, 0.3) is 5.65 Å². The first kappa shape index (κ1) is 22.0. The second-order valence-electron chi connectivity index (χ2n) is 10.5. The molecule has 0 N–H and O–H groups in total. The summed E-state index contributed by atoms with van der Waals surface area (Å²) >= 11 is 0. The summed E-state index contributed by atoms with van der Waals surface area (Å²) in [5, 5.41) is 0. The second-order valence-corrected chi connectivity index (χ2v) is 10.5. The average Bonchev–Trinajstić information content (AvgIpc) is 3.53. The average molecular weight is 460 g/mol. The first-order valence-electron chi connectivity index (χ1n) is 13.2. The monoisotopic (exact) mass is 459 g/mol. The third kappa shape index (κ3) is 4.43. The lowest BCUT2D eigenvalue weighted by Gasteiger charge is -2.36. The molecule has 0 unspecified atom stereocenters. The third-order valence-corrected chi connectivity index (χ3v) is 8.17. The van der Waals surface area contributed by atoms with Crippen LogP contribution in [0.5, 0.6) is 0 Å². The molecule has 6 rings (SSSR count). The Labute approximate surface area is 202 Å². The van der Waals surface area contributed by atoms with E-state index in [2.05, 4.69) is 44.5 Å². The van der Waals surface area contributed by atoms with Crippen molar-refractivity contribution in [3.05, 3.63) is 53.7 Å². The molecule has 4 heterocycles. The SMILES string of the molecule is CN(Cc1cn2c(N3CCN(CC4CCCC4)CC3)nccc2n1)[C@H]1CCCc2cccnc21. The lowest BCUT2D eigenvalue weighted by Crippen LogP contribution is -2.48. The van der Waals surface area contributed by atoms with E-state index in [4.69, 9.17) is 15.0 Å². The van der Waals surface area contributed by atoms with E-state index in [0.717, 1.165) is 68.8 Å². The van der Waals surface area contributed by atoms with Crippen molar-refractivity contribution in [3.8, 4) is 0 Å². The molecule has 0 bridgehead atoms. The van der Waals surface area contributed by atoms with Crippen molar-refractivity contribution in [2.45, 2.75) is 57.5 Å². The van der Waals surface area contributed by atoms with Crippen molar-refractivity contribution in [1.82, 2.24) is 29.2 Å². The maximum absolute atomic E-state index is 4.97. The molecule has 0 radical (unpaired) electrons. The van der Waals surface area contributed by atoms with Crippen LogP contribution in [0.3, 0.4) is 0 Å². The van der Waals surface area contributed by atoms with E-state index in [1.165, 1.54) is 49.9 Å². The molecule has 0 aromatic carbocycles. The quantitative estimate of drug-likeness (QED) is 0.556. The number of aryl methyl sites for hydroxylation is 1. The van der Waals surface area contributed by atoms with Crippen molar-refractivity contribution in [2.24, 2.45) is 5.92 Å².